The van der Waals surface area contributed by atoms with Gasteiger partial charge in [0.05, 0.1) is 4.47 Å². The van der Waals surface area contributed by atoms with Gasteiger partial charge in [-0.1, -0.05) is 27.3 Å². The van der Waals surface area contributed by atoms with Crippen LogP contribution in [0.2, 0.25) is 0 Å². The highest BCUT2D eigenvalue weighted by Crippen LogP contribution is 2.31. The van der Waals surface area contributed by atoms with Crippen LogP contribution in [0.3, 0.4) is 0 Å². The summed E-state index contributed by atoms with van der Waals surface area (Å²) in [6.07, 6.45) is 1.56. The van der Waals surface area contributed by atoms with Crippen LogP contribution in [0.25, 0.3) is 0 Å². The van der Waals surface area contributed by atoms with Crippen molar-refractivity contribution in [3.8, 4) is 5.75 Å². The van der Waals surface area contributed by atoms with E-state index in [4.69, 9.17) is 0 Å². The van der Waals surface area contributed by atoms with E-state index in [0.717, 1.165) is 9.48 Å². The fourth-order valence-electron chi connectivity index (χ4n) is 1.15. The second-order valence-corrected chi connectivity index (χ2v) is 6.12. The highest BCUT2D eigenvalue weighted by molar-refractivity contribution is 9.11. The number of hydrogen-bond donors (Lipinski definition) is 1. The number of hydrogen-bond acceptors (Lipinski definition) is 5. The minimum atomic E-state index is 0.151. The number of benzene rings is 1. The van der Waals surface area contributed by atoms with Crippen LogP contribution < -0.4 is 0 Å². The molecule has 7 heteroatoms. The number of aliphatic imine (C=N–C) groups is 1. The summed E-state index contributed by atoms with van der Waals surface area (Å²) < 4.78 is 1.47. The molecule has 1 aromatic carbocycles. The van der Waals surface area contributed by atoms with Gasteiger partial charge in [0.2, 0.25) is 5.13 Å². The Morgan fingerprint density at radius 2 is 2.12 bits per heavy atom. The van der Waals surface area contributed by atoms with Gasteiger partial charge < -0.3 is 5.11 Å². The molecule has 17 heavy (non-hydrogen) atoms. The van der Waals surface area contributed by atoms with Crippen LogP contribution in [0.4, 0.5) is 5.13 Å². The maximum atomic E-state index is 9.81. The van der Waals surface area contributed by atoms with Gasteiger partial charge in [-0.15, -0.1) is 10.2 Å². The summed E-state index contributed by atoms with van der Waals surface area (Å²) in [4.78, 5) is 4.16. The molecule has 0 atom stereocenters. The number of nitrogens with zero attached hydrogens (tertiary/aromatic N) is 3. The monoisotopic (exact) mass is 375 g/mol. The Labute approximate surface area is 119 Å². The van der Waals surface area contributed by atoms with Crippen molar-refractivity contribution in [2.75, 3.05) is 0 Å². The van der Waals surface area contributed by atoms with Gasteiger partial charge in [-0.25, -0.2) is 4.99 Å². The Bertz CT molecular complexity index is 583. The van der Waals surface area contributed by atoms with E-state index in [1.54, 1.807) is 18.3 Å². The van der Waals surface area contributed by atoms with E-state index in [1.165, 1.54) is 11.3 Å². The van der Waals surface area contributed by atoms with Gasteiger partial charge in [0.15, 0.2) is 0 Å². The first-order valence-electron chi connectivity index (χ1n) is 4.58. The molecule has 0 saturated carbocycles. The van der Waals surface area contributed by atoms with Gasteiger partial charge in [-0.05, 0) is 35.0 Å². The molecular formula is C10H7Br2N3OS. The van der Waals surface area contributed by atoms with Gasteiger partial charge in [0.1, 0.15) is 10.8 Å². The fourth-order valence-corrected chi connectivity index (χ4v) is 2.94. The van der Waals surface area contributed by atoms with Gasteiger partial charge >= 0.3 is 0 Å². The van der Waals surface area contributed by atoms with E-state index < -0.39 is 0 Å². The second-order valence-electron chi connectivity index (χ2n) is 3.19. The second kappa shape index (κ2) is 5.24. The van der Waals surface area contributed by atoms with Crippen LogP contribution in [0.5, 0.6) is 5.75 Å². The lowest BCUT2D eigenvalue weighted by molar-refractivity contribution is 0.471. The molecule has 0 fully saturated rings. The predicted octanol–water partition coefficient (Wildman–Crippen LogP) is 3.83. The summed E-state index contributed by atoms with van der Waals surface area (Å²) in [6, 6.07) is 3.54. The van der Waals surface area contributed by atoms with Crippen molar-refractivity contribution >= 4 is 54.5 Å². The predicted molar refractivity (Wildman–Crippen MR) is 75.4 cm³/mol. The van der Waals surface area contributed by atoms with Crippen molar-refractivity contribution < 1.29 is 5.11 Å². The summed E-state index contributed by atoms with van der Waals surface area (Å²) in [6.45, 7) is 1.86. The number of phenolic OH excluding ortho intramolecular Hbond substituents is 1. The minimum absolute atomic E-state index is 0.151. The molecule has 88 valence electrons. The van der Waals surface area contributed by atoms with Crippen molar-refractivity contribution in [3.05, 3.63) is 31.6 Å². The first-order chi connectivity index (χ1) is 8.06. The molecule has 4 nitrogen and oxygen atoms in total. The molecule has 1 heterocycles. The average Bonchev–Trinajstić information content (AvgIpc) is 2.67. The number of rotatable bonds is 2. The third kappa shape index (κ3) is 3.11. The first-order valence-corrected chi connectivity index (χ1v) is 6.98. The van der Waals surface area contributed by atoms with E-state index >= 15 is 0 Å². The van der Waals surface area contributed by atoms with Crippen molar-refractivity contribution in [2.45, 2.75) is 6.92 Å². The normalized spacial score (nSPS) is 11.2. The number of phenols is 1. The minimum Gasteiger partial charge on any atom is -0.506 e. The Balaban J connectivity index is 2.33. The van der Waals surface area contributed by atoms with Crippen LogP contribution in [0, 0.1) is 6.92 Å². The molecule has 0 aliphatic rings. The molecule has 0 unspecified atom stereocenters. The summed E-state index contributed by atoms with van der Waals surface area (Å²) >= 11 is 8.01. The molecule has 2 rings (SSSR count). The van der Waals surface area contributed by atoms with Crippen LogP contribution in [-0.2, 0) is 0 Å². The SMILES string of the molecule is Cc1nnc(/N=C/c2cc(Br)cc(Br)c2O)s1. The summed E-state index contributed by atoms with van der Waals surface area (Å²) in [5.74, 6) is 0.151. The van der Waals surface area contributed by atoms with E-state index in [-0.39, 0.29) is 5.75 Å². The van der Waals surface area contributed by atoms with Crippen molar-refractivity contribution in [2.24, 2.45) is 4.99 Å². The Hall–Kier alpha value is -0.790. The quantitative estimate of drug-likeness (QED) is 0.810. The number of halogens is 2. The maximum Gasteiger partial charge on any atom is 0.231 e. The highest BCUT2D eigenvalue weighted by Gasteiger charge is 2.05. The molecule has 1 N–H and O–H groups in total. The smallest absolute Gasteiger partial charge is 0.231 e. The van der Waals surface area contributed by atoms with Crippen LogP contribution >= 0.6 is 43.2 Å². The summed E-state index contributed by atoms with van der Waals surface area (Å²) in [5, 5.41) is 19.0. The zero-order chi connectivity index (χ0) is 12.4. The van der Waals surface area contributed by atoms with Crippen LogP contribution in [0.1, 0.15) is 10.6 Å². The van der Waals surface area contributed by atoms with E-state index in [1.807, 2.05) is 6.92 Å². The van der Waals surface area contributed by atoms with Crippen LogP contribution in [-0.4, -0.2) is 21.5 Å². The molecule has 0 spiro atoms. The molecule has 0 radical (unpaired) electrons. The molecule has 1 aromatic heterocycles. The summed E-state index contributed by atoms with van der Waals surface area (Å²) in [5.41, 5.74) is 0.610. The lowest BCUT2D eigenvalue weighted by Crippen LogP contribution is -1.84. The Morgan fingerprint density at radius 1 is 1.35 bits per heavy atom. The molecule has 0 aliphatic heterocycles. The third-order valence-electron chi connectivity index (χ3n) is 1.89. The van der Waals surface area contributed by atoms with Crippen LogP contribution in [0.15, 0.2) is 26.1 Å². The third-order valence-corrected chi connectivity index (χ3v) is 3.70. The number of aromatic hydroxyl groups is 1. The highest BCUT2D eigenvalue weighted by atomic mass is 79.9. The summed E-state index contributed by atoms with van der Waals surface area (Å²) in [7, 11) is 0. The average molecular weight is 377 g/mol. The van der Waals surface area contributed by atoms with E-state index in [2.05, 4.69) is 47.0 Å². The Kier molecular flexibility index (Phi) is 3.90. The maximum absolute atomic E-state index is 9.81. The molecular weight excluding hydrogens is 370 g/mol. The molecule has 0 aliphatic carbocycles. The van der Waals surface area contributed by atoms with Gasteiger partial charge in [-0.2, -0.15) is 0 Å². The van der Waals surface area contributed by atoms with Gasteiger partial charge in [0.25, 0.3) is 0 Å². The zero-order valence-corrected chi connectivity index (χ0v) is 12.7. The van der Waals surface area contributed by atoms with Gasteiger partial charge in [-0.3, -0.25) is 0 Å². The molecule has 0 saturated heterocycles. The molecule has 0 bridgehead atoms. The standard InChI is InChI=1S/C10H7Br2N3OS/c1-5-14-15-10(17-5)13-4-6-2-7(11)3-8(12)9(6)16/h2-4,16H,1H3/b13-4+. The number of aromatic nitrogens is 2. The number of aryl methyl sites for hydroxylation is 1. The first kappa shape index (κ1) is 12.7. The van der Waals surface area contributed by atoms with Gasteiger partial charge in [0, 0.05) is 16.3 Å². The molecule has 0 amide bonds. The molecule has 2 aromatic rings. The fraction of sp³-hybridized carbons (Fsp3) is 0.100. The Morgan fingerprint density at radius 3 is 2.76 bits per heavy atom. The van der Waals surface area contributed by atoms with E-state index in [0.29, 0.717) is 15.2 Å². The topological polar surface area (TPSA) is 58.4 Å². The van der Waals surface area contributed by atoms with E-state index in [9.17, 15) is 5.11 Å². The van der Waals surface area contributed by atoms with Crippen molar-refractivity contribution in [1.29, 1.82) is 0 Å². The largest absolute Gasteiger partial charge is 0.506 e. The lowest BCUT2D eigenvalue weighted by Gasteiger charge is -2.01. The lowest BCUT2D eigenvalue weighted by atomic mass is 10.2. The zero-order valence-electron chi connectivity index (χ0n) is 8.69. The van der Waals surface area contributed by atoms with Crippen molar-refractivity contribution in [3.63, 3.8) is 0 Å². The van der Waals surface area contributed by atoms with Crippen molar-refractivity contribution in [1.82, 2.24) is 10.2 Å².